The minimum absolute atomic E-state index is 0.153. The maximum Gasteiger partial charge on any atom is 0.138 e. The van der Waals surface area contributed by atoms with Crippen molar-refractivity contribution in [1.29, 1.82) is 0 Å². The lowest BCUT2D eigenvalue weighted by atomic mass is 10.2. The first kappa shape index (κ1) is 13.3. The van der Waals surface area contributed by atoms with Gasteiger partial charge in [-0.25, -0.2) is 0 Å². The smallest absolute Gasteiger partial charge is 0.138 e. The summed E-state index contributed by atoms with van der Waals surface area (Å²) >= 11 is 5.80. The van der Waals surface area contributed by atoms with Crippen LogP contribution in [0.2, 0.25) is 5.02 Å². The molecule has 1 rings (SSSR count). The molecular weight excluding hydrogens is 226 g/mol. The molecule has 0 bridgehead atoms. The Morgan fingerprint density at radius 2 is 2.25 bits per heavy atom. The number of rotatable bonds is 6. The number of benzene rings is 1. The van der Waals surface area contributed by atoms with Crippen LogP contribution in [0.1, 0.15) is 19.4 Å². The van der Waals surface area contributed by atoms with Gasteiger partial charge >= 0.3 is 0 Å². The molecule has 1 unspecified atom stereocenters. The highest BCUT2D eigenvalue weighted by Gasteiger charge is 2.05. The number of hydrogen-bond donors (Lipinski definition) is 2. The Balaban J connectivity index is 2.40. The number of para-hydroxylation sites is 1. The average Bonchev–Trinajstić information content (AvgIpc) is 2.25. The van der Waals surface area contributed by atoms with Crippen LogP contribution in [0.25, 0.3) is 0 Å². The first-order chi connectivity index (χ1) is 7.65. The van der Waals surface area contributed by atoms with Crippen molar-refractivity contribution in [3.63, 3.8) is 0 Å². The maximum atomic E-state index is 9.66. The number of nitrogens with one attached hydrogen (secondary N) is 1. The summed E-state index contributed by atoms with van der Waals surface area (Å²) < 4.78 is 5.38. The van der Waals surface area contributed by atoms with Gasteiger partial charge in [-0.1, -0.05) is 23.7 Å². The third-order valence-corrected chi connectivity index (χ3v) is 2.57. The average molecular weight is 244 g/mol. The molecule has 0 amide bonds. The highest BCUT2D eigenvalue weighted by atomic mass is 35.5. The van der Waals surface area contributed by atoms with E-state index in [4.69, 9.17) is 16.3 Å². The fraction of sp³-hybridized carbons (Fsp3) is 0.500. The number of halogens is 1. The van der Waals surface area contributed by atoms with E-state index in [2.05, 4.69) is 5.32 Å². The molecule has 0 spiro atoms. The van der Waals surface area contributed by atoms with Gasteiger partial charge in [0, 0.05) is 25.3 Å². The second kappa shape index (κ2) is 6.74. The predicted octanol–water partition coefficient (Wildman–Crippen LogP) is 2.56. The molecule has 1 atom stereocenters. The quantitative estimate of drug-likeness (QED) is 0.807. The number of ether oxygens (including phenoxy) is 1. The van der Waals surface area contributed by atoms with Gasteiger partial charge in [-0.2, -0.15) is 0 Å². The van der Waals surface area contributed by atoms with Crippen molar-refractivity contribution in [2.24, 2.45) is 0 Å². The minimum Gasteiger partial charge on any atom is -0.506 e. The Hall–Kier alpha value is -0.770. The van der Waals surface area contributed by atoms with Gasteiger partial charge in [0.2, 0.25) is 0 Å². The van der Waals surface area contributed by atoms with Crippen molar-refractivity contribution < 1.29 is 9.84 Å². The van der Waals surface area contributed by atoms with Crippen LogP contribution >= 0.6 is 11.6 Å². The van der Waals surface area contributed by atoms with Crippen molar-refractivity contribution >= 4 is 11.6 Å². The summed E-state index contributed by atoms with van der Waals surface area (Å²) in [5, 5.41) is 13.3. The summed E-state index contributed by atoms with van der Waals surface area (Å²) in [6.07, 6.45) is 0.173. The van der Waals surface area contributed by atoms with Gasteiger partial charge in [-0.05, 0) is 19.9 Å². The molecule has 1 aromatic rings. The number of hydrogen-bond acceptors (Lipinski definition) is 3. The van der Waals surface area contributed by atoms with E-state index in [1.54, 1.807) is 6.07 Å². The Labute approximate surface area is 101 Å². The van der Waals surface area contributed by atoms with E-state index in [9.17, 15) is 5.11 Å². The van der Waals surface area contributed by atoms with Crippen molar-refractivity contribution in [3.8, 4) is 5.75 Å². The maximum absolute atomic E-state index is 9.66. The molecule has 16 heavy (non-hydrogen) atoms. The van der Waals surface area contributed by atoms with Crippen molar-refractivity contribution in [2.75, 3.05) is 13.2 Å². The molecule has 3 nitrogen and oxygen atoms in total. The molecule has 0 fully saturated rings. The molecule has 0 aliphatic rings. The molecule has 0 aliphatic heterocycles. The highest BCUT2D eigenvalue weighted by Crippen LogP contribution is 2.26. The fourth-order valence-electron chi connectivity index (χ4n) is 1.46. The minimum atomic E-state index is 0.153. The van der Waals surface area contributed by atoms with E-state index in [1.807, 2.05) is 26.0 Å². The van der Waals surface area contributed by atoms with Crippen molar-refractivity contribution in [3.05, 3.63) is 28.8 Å². The molecule has 4 heteroatoms. The largest absolute Gasteiger partial charge is 0.506 e. The van der Waals surface area contributed by atoms with Crippen LogP contribution in [0.3, 0.4) is 0 Å². The molecule has 0 heterocycles. The van der Waals surface area contributed by atoms with Gasteiger partial charge in [0.15, 0.2) is 0 Å². The van der Waals surface area contributed by atoms with Gasteiger partial charge in [0.05, 0.1) is 11.1 Å². The van der Waals surface area contributed by atoms with E-state index in [0.29, 0.717) is 18.2 Å². The zero-order valence-electron chi connectivity index (χ0n) is 9.66. The number of aromatic hydroxyl groups is 1. The Morgan fingerprint density at radius 3 is 2.94 bits per heavy atom. The summed E-state index contributed by atoms with van der Waals surface area (Å²) in [6.45, 7) is 6.03. The van der Waals surface area contributed by atoms with E-state index in [-0.39, 0.29) is 11.9 Å². The SMILES string of the molecule is CCOC(C)CNCc1cccc(Cl)c1O. The van der Waals surface area contributed by atoms with Gasteiger partial charge in [0.25, 0.3) is 0 Å². The lowest BCUT2D eigenvalue weighted by Gasteiger charge is -2.13. The lowest BCUT2D eigenvalue weighted by molar-refractivity contribution is 0.0759. The lowest BCUT2D eigenvalue weighted by Crippen LogP contribution is -2.26. The second-order valence-corrected chi connectivity index (χ2v) is 4.05. The van der Waals surface area contributed by atoms with Crippen LogP contribution in [0.5, 0.6) is 5.75 Å². The fourth-order valence-corrected chi connectivity index (χ4v) is 1.65. The molecule has 0 radical (unpaired) electrons. The normalized spacial score (nSPS) is 12.7. The van der Waals surface area contributed by atoms with E-state index in [0.717, 1.165) is 12.1 Å². The standard InChI is InChI=1S/C12H18ClNO2/c1-3-16-9(2)7-14-8-10-5-4-6-11(13)12(10)15/h4-6,9,14-15H,3,7-8H2,1-2H3. The summed E-state index contributed by atoms with van der Waals surface area (Å²) in [6, 6.07) is 5.34. The predicted molar refractivity (Wildman–Crippen MR) is 65.9 cm³/mol. The molecule has 2 N–H and O–H groups in total. The van der Waals surface area contributed by atoms with Gasteiger partial charge in [0.1, 0.15) is 5.75 Å². The molecule has 90 valence electrons. The van der Waals surface area contributed by atoms with Crippen molar-refractivity contribution in [1.82, 2.24) is 5.32 Å². The molecule has 0 aliphatic carbocycles. The van der Waals surface area contributed by atoms with Gasteiger partial charge in [-0.3, -0.25) is 0 Å². The van der Waals surface area contributed by atoms with Gasteiger partial charge in [-0.15, -0.1) is 0 Å². The van der Waals surface area contributed by atoms with Crippen LogP contribution in [0, 0.1) is 0 Å². The molecular formula is C12H18ClNO2. The topological polar surface area (TPSA) is 41.5 Å². The zero-order chi connectivity index (χ0) is 12.0. The Morgan fingerprint density at radius 1 is 1.50 bits per heavy atom. The Kier molecular flexibility index (Phi) is 5.60. The van der Waals surface area contributed by atoms with Crippen LogP contribution < -0.4 is 5.32 Å². The van der Waals surface area contributed by atoms with E-state index in [1.165, 1.54) is 0 Å². The number of phenols is 1. The second-order valence-electron chi connectivity index (χ2n) is 3.64. The van der Waals surface area contributed by atoms with E-state index >= 15 is 0 Å². The highest BCUT2D eigenvalue weighted by molar-refractivity contribution is 6.32. The monoisotopic (exact) mass is 243 g/mol. The number of phenolic OH excluding ortho intramolecular Hbond substituents is 1. The van der Waals surface area contributed by atoms with E-state index < -0.39 is 0 Å². The summed E-state index contributed by atoms with van der Waals surface area (Å²) in [5.41, 5.74) is 0.802. The zero-order valence-corrected chi connectivity index (χ0v) is 10.4. The van der Waals surface area contributed by atoms with Crippen LogP contribution in [-0.4, -0.2) is 24.4 Å². The summed E-state index contributed by atoms with van der Waals surface area (Å²) in [7, 11) is 0. The molecule has 1 aromatic carbocycles. The van der Waals surface area contributed by atoms with Crippen LogP contribution in [-0.2, 0) is 11.3 Å². The first-order valence-electron chi connectivity index (χ1n) is 5.43. The summed E-state index contributed by atoms with van der Waals surface area (Å²) in [4.78, 5) is 0. The first-order valence-corrected chi connectivity index (χ1v) is 5.81. The molecule has 0 saturated heterocycles. The van der Waals surface area contributed by atoms with Crippen LogP contribution in [0.4, 0.5) is 0 Å². The third-order valence-electron chi connectivity index (χ3n) is 2.27. The van der Waals surface area contributed by atoms with Crippen LogP contribution in [0.15, 0.2) is 18.2 Å². The van der Waals surface area contributed by atoms with Gasteiger partial charge < -0.3 is 15.2 Å². The molecule has 0 saturated carbocycles. The summed E-state index contributed by atoms with van der Waals surface area (Å²) in [5.74, 6) is 0.153. The molecule has 0 aromatic heterocycles. The van der Waals surface area contributed by atoms with Crippen molar-refractivity contribution in [2.45, 2.75) is 26.5 Å². The third kappa shape index (κ3) is 4.00. The Bertz CT molecular complexity index is 331.